The highest BCUT2D eigenvalue weighted by Crippen LogP contribution is 2.25. The molecule has 148 valence electrons. The average molecular weight is 412 g/mol. The van der Waals surface area contributed by atoms with Gasteiger partial charge in [-0.05, 0) is 31.7 Å². The number of thiophene rings is 1. The van der Waals surface area contributed by atoms with Gasteiger partial charge in [0.2, 0.25) is 5.91 Å². The molecule has 1 saturated heterocycles. The monoisotopic (exact) mass is 411 g/mol. The summed E-state index contributed by atoms with van der Waals surface area (Å²) in [4.78, 5) is 33.5. The number of nitrogens with zero attached hydrogens (tertiary/aromatic N) is 3. The lowest BCUT2D eigenvalue weighted by Gasteiger charge is -2.30. The number of aryl methyl sites for hydroxylation is 2. The predicted molar refractivity (Wildman–Crippen MR) is 107 cm³/mol. The fourth-order valence-corrected chi connectivity index (χ4v) is 6.21. The normalized spacial score (nSPS) is 19.1. The highest BCUT2D eigenvalue weighted by Gasteiger charge is 2.35. The van der Waals surface area contributed by atoms with Crippen LogP contribution in [0.15, 0.2) is 11.1 Å². The van der Waals surface area contributed by atoms with Crippen molar-refractivity contribution in [1.82, 2.24) is 14.5 Å². The third-order valence-corrected chi connectivity index (χ3v) is 7.86. The first kappa shape index (κ1) is 20.0. The van der Waals surface area contributed by atoms with Gasteiger partial charge in [-0.15, -0.1) is 11.3 Å². The maximum absolute atomic E-state index is 13.0. The van der Waals surface area contributed by atoms with Gasteiger partial charge < -0.3 is 4.90 Å². The fourth-order valence-electron chi connectivity index (χ4n) is 3.49. The molecule has 1 aliphatic rings. The Morgan fingerprint density at radius 2 is 2.11 bits per heavy atom. The molecule has 1 fully saturated rings. The van der Waals surface area contributed by atoms with E-state index >= 15 is 0 Å². The van der Waals surface area contributed by atoms with Crippen molar-refractivity contribution in [1.29, 1.82) is 0 Å². The zero-order valence-corrected chi connectivity index (χ0v) is 17.7. The lowest BCUT2D eigenvalue weighted by Crippen LogP contribution is -2.45. The molecule has 1 unspecified atom stereocenters. The molecule has 0 N–H and O–H groups in total. The summed E-state index contributed by atoms with van der Waals surface area (Å²) in [5.41, 5.74) is 0.675. The molecule has 2 aromatic rings. The highest BCUT2D eigenvalue weighted by molar-refractivity contribution is 7.91. The molecule has 3 heterocycles. The Balaban J connectivity index is 1.89. The van der Waals surface area contributed by atoms with Gasteiger partial charge >= 0.3 is 0 Å². The lowest BCUT2D eigenvalue weighted by molar-refractivity contribution is -0.134. The quantitative estimate of drug-likeness (QED) is 0.748. The van der Waals surface area contributed by atoms with Crippen molar-refractivity contribution in [2.24, 2.45) is 5.92 Å². The first-order valence-electron chi connectivity index (χ1n) is 9.04. The molecule has 0 radical (unpaired) electrons. The molecule has 0 bridgehead atoms. The van der Waals surface area contributed by atoms with Crippen LogP contribution in [0.25, 0.3) is 10.2 Å². The van der Waals surface area contributed by atoms with Gasteiger partial charge in [-0.1, -0.05) is 13.8 Å². The molecule has 9 heteroatoms. The van der Waals surface area contributed by atoms with Gasteiger partial charge in [0.15, 0.2) is 9.84 Å². The molecular weight excluding hydrogens is 386 g/mol. The number of aromatic nitrogens is 2. The van der Waals surface area contributed by atoms with Gasteiger partial charge in [-0.25, -0.2) is 13.4 Å². The predicted octanol–water partition coefficient (Wildman–Crippen LogP) is 1.75. The van der Waals surface area contributed by atoms with Gasteiger partial charge in [0.25, 0.3) is 5.56 Å². The number of rotatable bonds is 5. The second kappa shape index (κ2) is 7.35. The van der Waals surface area contributed by atoms with E-state index in [0.29, 0.717) is 23.2 Å². The Kier molecular flexibility index (Phi) is 5.45. The van der Waals surface area contributed by atoms with Crippen LogP contribution in [0.1, 0.15) is 30.7 Å². The summed E-state index contributed by atoms with van der Waals surface area (Å²) >= 11 is 1.47. The van der Waals surface area contributed by atoms with E-state index in [1.807, 2.05) is 27.7 Å². The standard InChI is InChI=1S/C18H25N3O4S2/c1-11(2)7-21(14-5-6-27(24,25)9-14)15(22)8-20-10-19-17-16(18(20)23)12(3)13(4)26-17/h10-11,14H,5-9H2,1-4H3. The van der Waals surface area contributed by atoms with Gasteiger partial charge in [-0.2, -0.15) is 0 Å². The van der Waals surface area contributed by atoms with E-state index in [1.54, 1.807) is 4.90 Å². The maximum Gasteiger partial charge on any atom is 0.262 e. The van der Waals surface area contributed by atoms with Crippen LogP contribution in [-0.2, 0) is 21.2 Å². The van der Waals surface area contributed by atoms with E-state index in [2.05, 4.69) is 4.98 Å². The number of carbonyl (C=O) groups excluding carboxylic acids is 1. The Bertz CT molecular complexity index is 1040. The van der Waals surface area contributed by atoms with Crippen molar-refractivity contribution < 1.29 is 13.2 Å². The molecule has 0 aromatic carbocycles. The Morgan fingerprint density at radius 3 is 2.70 bits per heavy atom. The van der Waals surface area contributed by atoms with Crippen LogP contribution in [0, 0.1) is 19.8 Å². The largest absolute Gasteiger partial charge is 0.337 e. The number of hydrogen-bond acceptors (Lipinski definition) is 6. The van der Waals surface area contributed by atoms with Crippen molar-refractivity contribution in [3.8, 4) is 0 Å². The molecule has 0 aliphatic carbocycles. The van der Waals surface area contributed by atoms with E-state index in [9.17, 15) is 18.0 Å². The van der Waals surface area contributed by atoms with Crippen molar-refractivity contribution in [3.05, 3.63) is 27.1 Å². The second-order valence-electron chi connectivity index (χ2n) is 7.64. The molecule has 3 rings (SSSR count). The van der Waals surface area contributed by atoms with Crippen LogP contribution < -0.4 is 5.56 Å². The number of hydrogen-bond donors (Lipinski definition) is 0. The minimum atomic E-state index is -3.10. The highest BCUT2D eigenvalue weighted by atomic mass is 32.2. The summed E-state index contributed by atoms with van der Waals surface area (Å²) in [6.07, 6.45) is 1.87. The summed E-state index contributed by atoms with van der Waals surface area (Å²) in [6.45, 7) is 8.15. The number of fused-ring (bicyclic) bond motifs is 1. The van der Waals surface area contributed by atoms with Crippen molar-refractivity contribution in [2.75, 3.05) is 18.1 Å². The van der Waals surface area contributed by atoms with Crippen molar-refractivity contribution >= 4 is 37.3 Å². The summed E-state index contributed by atoms with van der Waals surface area (Å²) in [7, 11) is -3.10. The first-order chi connectivity index (χ1) is 12.6. The number of amides is 1. The van der Waals surface area contributed by atoms with Crippen LogP contribution in [0.5, 0.6) is 0 Å². The van der Waals surface area contributed by atoms with Gasteiger partial charge in [-0.3, -0.25) is 14.2 Å². The number of carbonyl (C=O) groups is 1. The average Bonchev–Trinajstić information content (AvgIpc) is 3.07. The minimum absolute atomic E-state index is 0.000473. The summed E-state index contributed by atoms with van der Waals surface area (Å²) in [6, 6.07) is -0.317. The summed E-state index contributed by atoms with van der Waals surface area (Å²) in [5.74, 6) is 0.0796. The van der Waals surface area contributed by atoms with E-state index in [4.69, 9.17) is 0 Å². The first-order valence-corrected chi connectivity index (χ1v) is 11.7. The topological polar surface area (TPSA) is 89.3 Å². The molecule has 1 aliphatic heterocycles. The Labute approximate surface area is 162 Å². The fraction of sp³-hybridized carbons (Fsp3) is 0.611. The minimum Gasteiger partial charge on any atom is -0.337 e. The van der Waals surface area contributed by atoms with Crippen LogP contribution in [0.2, 0.25) is 0 Å². The maximum atomic E-state index is 13.0. The zero-order chi connectivity index (χ0) is 19.9. The lowest BCUT2D eigenvalue weighted by atomic mass is 10.1. The molecule has 2 aromatic heterocycles. The van der Waals surface area contributed by atoms with Crippen LogP contribution in [0.3, 0.4) is 0 Å². The molecule has 0 spiro atoms. The third-order valence-electron chi connectivity index (χ3n) is 4.99. The van der Waals surface area contributed by atoms with Crippen LogP contribution in [0.4, 0.5) is 0 Å². The second-order valence-corrected chi connectivity index (χ2v) is 11.1. The molecule has 27 heavy (non-hydrogen) atoms. The zero-order valence-electron chi connectivity index (χ0n) is 16.1. The Morgan fingerprint density at radius 1 is 1.41 bits per heavy atom. The summed E-state index contributed by atoms with van der Waals surface area (Å²) in [5, 5.41) is 0.562. The Hall–Kier alpha value is -1.74. The van der Waals surface area contributed by atoms with E-state index in [-0.39, 0.29) is 41.5 Å². The smallest absolute Gasteiger partial charge is 0.262 e. The molecule has 7 nitrogen and oxygen atoms in total. The molecule has 0 saturated carbocycles. The van der Waals surface area contributed by atoms with Gasteiger partial charge in [0.05, 0.1) is 23.2 Å². The van der Waals surface area contributed by atoms with E-state index in [0.717, 1.165) is 10.4 Å². The van der Waals surface area contributed by atoms with E-state index < -0.39 is 9.84 Å². The van der Waals surface area contributed by atoms with Crippen molar-refractivity contribution in [3.63, 3.8) is 0 Å². The molecule has 1 amide bonds. The SMILES string of the molecule is Cc1sc2ncn(CC(=O)N(CC(C)C)C3CCS(=O)(=O)C3)c(=O)c2c1C. The third kappa shape index (κ3) is 4.08. The van der Waals surface area contributed by atoms with Gasteiger partial charge in [0, 0.05) is 17.5 Å². The molecular formula is C18H25N3O4S2. The van der Waals surface area contributed by atoms with Crippen LogP contribution in [-0.4, -0.2) is 52.9 Å². The van der Waals surface area contributed by atoms with Crippen LogP contribution >= 0.6 is 11.3 Å². The van der Waals surface area contributed by atoms with Crippen molar-refractivity contribution in [2.45, 2.75) is 46.7 Å². The van der Waals surface area contributed by atoms with Gasteiger partial charge in [0.1, 0.15) is 11.4 Å². The number of sulfone groups is 1. The van der Waals surface area contributed by atoms with E-state index in [1.165, 1.54) is 22.2 Å². The summed E-state index contributed by atoms with van der Waals surface area (Å²) < 4.78 is 25.0. The molecule has 1 atom stereocenters.